The van der Waals surface area contributed by atoms with Crippen molar-refractivity contribution in [2.24, 2.45) is 0 Å². The van der Waals surface area contributed by atoms with Crippen LogP contribution in [0.5, 0.6) is 0 Å². The molecule has 8 N–H and O–H groups in total. The van der Waals surface area contributed by atoms with Gasteiger partial charge in [0.15, 0.2) is 0 Å². The molecule has 0 amide bonds. The number of rotatable bonds is 0. The zero-order valence-corrected chi connectivity index (χ0v) is 26.8. The molecule has 0 aromatic rings. The van der Waals surface area contributed by atoms with E-state index in [1.807, 2.05) is 0 Å². The van der Waals surface area contributed by atoms with Crippen LogP contribution < -0.4 is 0 Å². The third kappa shape index (κ3) is 11.7. The second-order valence-electron chi connectivity index (χ2n) is 8.00. The lowest BCUT2D eigenvalue weighted by Crippen LogP contribution is -2.68. The molecule has 1 rings (SSSR count). The molecular formula is C8H32O16Si8. The Hall–Kier alpha value is 1.10. The maximum Gasteiger partial charge on any atom is 0.480 e. The van der Waals surface area contributed by atoms with Crippen molar-refractivity contribution in [1.29, 1.82) is 0 Å². The van der Waals surface area contributed by atoms with Crippen molar-refractivity contribution in [2.45, 2.75) is 52.4 Å². The monoisotopic (exact) mass is 608 g/mol. The average molecular weight is 609 g/mol. The van der Waals surface area contributed by atoms with Gasteiger partial charge in [0.25, 0.3) is 0 Å². The number of hydrogen-bond donors (Lipinski definition) is 8. The lowest BCUT2D eigenvalue weighted by Gasteiger charge is -2.40. The van der Waals surface area contributed by atoms with E-state index < -0.39 is 70.4 Å². The first-order chi connectivity index (χ1) is 13.7. The summed E-state index contributed by atoms with van der Waals surface area (Å²) < 4.78 is 41.0. The molecule has 0 aromatic carbocycles. The summed E-state index contributed by atoms with van der Waals surface area (Å²) >= 11 is 0. The lowest BCUT2D eigenvalue weighted by atomic mass is 11.9. The van der Waals surface area contributed by atoms with Gasteiger partial charge in [-0.05, 0) is 0 Å². The minimum Gasteiger partial charge on any atom is -0.391 e. The van der Waals surface area contributed by atoms with Crippen LogP contribution in [0.25, 0.3) is 0 Å². The van der Waals surface area contributed by atoms with Gasteiger partial charge in [0.1, 0.15) is 0 Å². The van der Waals surface area contributed by atoms with Gasteiger partial charge in [-0.25, -0.2) is 0 Å². The Morgan fingerprint density at radius 1 is 0.250 bits per heavy atom. The Labute approximate surface area is 194 Å². The molecule has 32 heavy (non-hydrogen) atoms. The molecule has 0 spiro atoms. The highest BCUT2D eigenvalue weighted by molar-refractivity contribution is 6.87. The molecule has 192 valence electrons. The van der Waals surface area contributed by atoms with Crippen LogP contribution in [-0.2, 0) is 32.9 Å². The van der Waals surface area contributed by atoms with Gasteiger partial charge in [-0.1, -0.05) is 0 Å². The molecule has 0 radical (unpaired) electrons. The van der Waals surface area contributed by atoms with Crippen molar-refractivity contribution in [3.8, 4) is 0 Å². The smallest absolute Gasteiger partial charge is 0.391 e. The third-order valence-electron chi connectivity index (χ3n) is 3.03. The van der Waals surface area contributed by atoms with Gasteiger partial charge in [-0.15, -0.1) is 0 Å². The maximum absolute atomic E-state index is 10.5. The summed E-state index contributed by atoms with van der Waals surface area (Å²) in [5.74, 6) is 0. The Balaban J connectivity index is 3.40. The largest absolute Gasteiger partial charge is 0.480 e. The van der Waals surface area contributed by atoms with Crippen LogP contribution in [0.1, 0.15) is 0 Å². The molecule has 0 aromatic heterocycles. The average Bonchev–Trinajstić information content (AvgIpc) is 2.21. The van der Waals surface area contributed by atoms with Crippen LogP contribution in [0.15, 0.2) is 0 Å². The summed E-state index contributed by atoms with van der Waals surface area (Å²) in [5, 5.41) is 0. The minimum absolute atomic E-state index is 1.00. The highest BCUT2D eigenvalue weighted by Crippen LogP contribution is 2.27. The Kier molecular flexibility index (Phi) is 9.26. The molecule has 1 aliphatic rings. The topological polar surface area (TPSA) is 236 Å². The van der Waals surface area contributed by atoms with Crippen molar-refractivity contribution < 1.29 is 71.3 Å². The fourth-order valence-corrected chi connectivity index (χ4v) is 29.8. The standard InChI is InChI=1S/C8H32O16Si8/c1-25(9)17-26(2,10)19-28(4,12)21-30(6,14)23-32(8,16)24-31(7,15)22-29(5,13)20-27(3,11)18-25/h9-16H,1-8H3. The van der Waals surface area contributed by atoms with Crippen LogP contribution in [-0.4, -0.2) is 109 Å². The van der Waals surface area contributed by atoms with Crippen LogP contribution in [0.2, 0.25) is 52.4 Å². The van der Waals surface area contributed by atoms with E-state index in [0.29, 0.717) is 0 Å². The molecule has 0 aliphatic carbocycles. The zero-order chi connectivity index (χ0) is 25.7. The van der Waals surface area contributed by atoms with Crippen molar-refractivity contribution in [3.63, 3.8) is 0 Å². The summed E-state index contributed by atoms with van der Waals surface area (Å²) in [6.45, 7) is 8.04. The van der Waals surface area contributed by atoms with Crippen molar-refractivity contribution >= 4 is 70.4 Å². The highest BCUT2D eigenvalue weighted by Gasteiger charge is 2.59. The maximum atomic E-state index is 10.5. The highest BCUT2D eigenvalue weighted by atomic mass is 28.6. The number of hydrogen-bond acceptors (Lipinski definition) is 16. The quantitative estimate of drug-likeness (QED) is 0.125. The first-order valence-electron chi connectivity index (χ1n) is 9.05. The molecule has 0 saturated carbocycles. The van der Waals surface area contributed by atoms with E-state index >= 15 is 0 Å². The van der Waals surface area contributed by atoms with Crippen LogP contribution in [0, 0.1) is 0 Å². The van der Waals surface area contributed by atoms with E-state index in [4.69, 9.17) is 32.9 Å². The molecule has 0 unspecified atom stereocenters. The predicted molar refractivity (Wildman–Crippen MR) is 119 cm³/mol. The van der Waals surface area contributed by atoms with E-state index in [9.17, 15) is 38.4 Å². The molecule has 0 bridgehead atoms. The van der Waals surface area contributed by atoms with Crippen LogP contribution >= 0.6 is 0 Å². The van der Waals surface area contributed by atoms with Crippen molar-refractivity contribution in [3.05, 3.63) is 0 Å². The van der Waals surface area contributed by atoms with E-state index in [-0.39, 0.29) is 0 Å². The van der Waals surface area contributed by atoms with Crippen molar-refractivity contribution in [2.75, 3.05) is 0 Å². The normalized spacial score (nSPS) is 55.5. The lowest BCUT2D eigenvalue weighted by molar-refractivity contribution is 0.0843. The second-order valence-corrected chi connectivity index (χ2v) is 28.9. The van der Waals surface area contributed by atoms with E-state index in [2.05, 4.69) is 0 Å². The molecule has 1 saturated heterocycles. The van der Waals surface area contributed by atoms with E-state index in [1.54, 1.807) is 0 Å². The van der Waals surface area contributed by atoms with Gasteiger partial charge >= 0.3 is 70.4 Å². The van der Waals surface area contributed by atoms with Gasteiger partial charge in [0.05, 0.1) is 0 Å². The molecule has 16 nitrogen and oxygen atoms in total. The van der Waals surface area contributed by atoms with Crippen LogP contribution in [0.4, 0.5) is 0 Å². The molecule has 1 fully saturated rings. The molecule has 24 heteroatoms. The van der Waals surface area contributed by atoms with E-state index in [0.717, 1.165) is 52.4 Å². The van der Waals surface area contributed by atoms with Gasteiger partial charge < -0.3 is 71.3 Å². The molecule has 1 aliphatic heterocycles. The van der Waals surface area contributed by atoms with E-state index in [1.165, 1.54) is 0 Å². The summed E-state index contributed by atoms with van der Waals surface area (Å²) in [6, 6.07) is 0. The van der Waals surface area contributed by atoms with Gasteiger partial charge in [-0.3, -0.25) is 0 Å². The Bertz CT molecular complexity index is 466. The van der Waals surface area contributed by atoms with Crippen LogP contribution in [0.3, 0.4) is 0 Å². The SMILES string of the molecule is C[Si]1(O)O[Si](C)(O)O[Si](C)(O)O[Si](C)(O)O[Si](C)(O)O[Si](C)(O)O[Si](C)(O)O[Si](C)(O)O1. The predicted octanol–water partition coefficient (Wildman–Crippen LogP) is -3.38. The van der Waals surface area contributed by atoms with Crippen molar-refractivity contribution in [1.82, 2.24) is 0 Å². The van der Waals surface area contributed by atoms with Gasteiger partial charge in [0, 0.05) is 52.4 Å². The Morgan fingerprint density at radius 2 is 0.312 bits per heavy atom. The summed E-state index contributed by atoms with van der Waals surface area (Å²) in [7, 11) is -35.4. The second kappa shape index (κ2) is 9.52. The Morgan fingerprint density at radius 3 is 0.375 bits per heavy atom. The van der Waals surface area contributed by atoms with Gasteiger partial charge in [0.2, 0.25) is 0 Å². The summed E-state index contributed by atoms with van der Waals surface area (Å²) in [5.41, 5.74) is 0. The first-order valence-corrected chi connectivity index (χ1v) is 27.2. The zero-order valence-electron chi connectivity index (χ0n) is 18.8. The first kappa shape index (κ1) is 31.1. The van der Waals surface area contributed by atoms with Gasteiger partial charge in [-0.2, -0.15) is 0 Å². The summed E-state index contributed by atoms with van der Waals surface area (Å²) in [4.78, 5) is 83.9. The summed E-state index contributed by atoms with van der Waals surface area (Å²) in [6.07, 6.45) is 0. The fourth-order valence-electron chi connectivity index (χ4n) is 2.98. The molecule has 0 atom stereocenters. The molecular weight excluding hydrogens is 577 g/mol. The molecule has 1 heterocycles. The fraction of sp³-hybridized carbons (Fsp3) is 1.00. The third-order valence-corrected chi connectivity index (χ3v) is 27.3. The minimum atomic E-state index is -4.42.